The van der Waals surface area contributed by atoms with Gasteiger partial charge in [0.1, 0.15) is 16.7 Å². The molecule has 0 aliphatic carbocycles. The van der Waals surface area contributed by atoms with Crippen LogP contribution in [0.15, 0.2) is 59.6 Å². The Kier molecular flexibility index (Phi) is 5.35. The number of halogens is 3. The van der Waals surface area contributed by atoms with Crippen molar-refractivity contribution in [2.45, 2.75) is 11.5 Å². The van der Waals surface area contributed by atoms with Crippen LogP contribution in [0.4, 0.5) is 20.4 Å². The Hall–Kier alpha value is -2.38. The van der Waals surface area contributed by atoms with E-state index >= 15 is 0 Å². The quantitative estimate of drug-likeness (QED) is 0.579. The fraction of sp³-hybridized carbons (Fsp3) is 0.0588. The second kappa shape index (κ2) is 7.67. The zero-order chi connectivity index (χ0) is 17.8. The predicted octanol–water partition coefficient (Wildman–Crippen LogP) is 5.44. The number of anilines is 2. The molecule has 2 heterocycles. The van der Waals surface area contributed by atoms with E-state index in [1.807, 2.05) is 0 Å². The maximum atomic E-state index is 13.2. The standard InChI is InChI=1S/C17H13ClF2N4S/c18-12-8-9-14(24-25-15-7-3-6-13(21)22-15)23-16(12)10-4-1-2-5-11(10)17(19)20/h1-9,17H,(H2,21,22)(H,23,24). The third-order valence-electron chi connectivity index (χ3n) is 3.30. The van der Waals surface area contributed by atoms with Crippen LogP contribution in [0.2, 0.25) is 5.02 Å². The molecule has 0 radical (unpaired) electrons. The molecule has 0 bridgehead atoms. The monoisotopic (exact) mass is 378 g/mol. The van der Waals surface area contributed by atoms with Crippen LogP contribution in [0.5, 0.6) is 0 Å². The molecule has 0 spiro atoms. The zero-order valence-corrected chi connectivity index (χ0v) is 14.4. The summed E-state index contributed by atoms with van der Waals surface area (Å²) >= 11 is 7.39. The molecular weight excluding hydrogens is 366 g/mol. The average Bonchev–Trinajstić information content (AvgIpc) is 2.61. The molecule has 3 N–H and O–H groups in total. The number of nitrogens with zero attached hydrogens (tertiary/aromatic N) is 2. The lowest BCUT2D eigenvalue weighted by Gasteiger charge is -2.12. The molecule has 1 aromatic carbocycles. The molecule has 0 unspecified atom stereocenters. The van der Waals surface area contributed by atoms with Crippen molar-refractivity contribution in [2.24, 2.45) is 0 Å². The molecule has 8 heteroatoms. The summed E-state index contributed by atoms with van der Waals surface area (Å²) in [5.41, 5.74) is 6.12. The van der Waals surface area contributed by atoms with Crippen LogP contribution in [0.25, 0.3) is 11.3 Å². The summed E-state index contributed by atoms with van der Waals surface area (Å²) in [4.78, 5) is 8.52. The summed E-state index contributed by atoms with van der Waals surface area (Å²) in [5.74, 6) is 0.875. The minimum atomic E-state index is -2.61. The molecule has 3 rings (SSSR count). The van der Waals surface area contributed by atoms with Crippen LogP contribution in [-0.2, 0) is 0 Å². The summed E-state index contributed by atoms with van der Waals surface area (Å²) in [6.45, 7) is 0. The molecule has 0 aliphatic heterocycles. The van der Waals surface area contributed by atoms with E-state index < -0.39 is 6.43 Å². The minimum absolute atomic E-state index is 0.112. The molecule has 0 saturated heterocycles. The Balaban J connectivity index is 1.89. The van der Waals surface area contributed by atoms with Crippen molar-refractivity contribution in [3.05, 3.63) is 65.2 Å². The van der Waals surface area contributed by atoms with E-state index in [0.29, 0.717) is 32.9 Å². The third kappa shape index (κ3) is 4.18. The molecule has 128 valence electrons. The largest absolute Gasteiger partial charge is 0.384 e. The van der Waals surface area contributed by atoms with Crippen molar-refractivity contribution in [1.82, 2.24) is 9.97 Å². The highest BCUT2D eigenvalue weighted by Crippen LogP contribution is 2.35. The van der Waals surface area contributed by atoms with Crippen molar-refractivity contribution in [1.29, 1.82) is 0 Å². The lowest BCUT2D eigenvalue weighted by molar-refractivity contribution is 0.152. The highest BCUT2D eigenvalue weighted by molar-refractivity contribution is 8.00. The van der Waals surface area contributed by atoms with Gasteiger partial charge < -0.3 is 10.5 Å². The highest BCUT2D eigenvalue weighted by atomic mass is 35.5. The van der Waals surface area contributed by atoms with Gasteiger partial charge in [-0.15, -0.1) is 0 Å². The van der Waals surface area contributed by atoms with Gasteiger partial charge in [0.15, 0.2) is 0 Å². The Labute approximate surface area is 152 Å². The number of benzene rings is 1. The minimum Gasteiger partial charge on any atom is -0.384 e. The van der Waals surface area contributed by atoms with Gasteiger partial charge in [0.05, 0.1) is 10.7 Å². The van der Waals surface area contributed by atoms with Crippen LogP contribution in [0.3, 0.4) is 0 Å². The van der Waals surface area contributed by atoms with Gasteiger partial charge in [-0.05, 0) is 24.3 Å². The first-order valence-corrected chi connectivity index (χ1v) is 8.43. The van der Waals surface area contributed by atoms with Crippen molar-refractivity contribution in [3.8, 4) is 11.3 Å². The Morgan fingerprint density at radius 3 is 2.56 bits per heavy atom. The second-order valence-electron chi connectivity index (χ2n) is 5.02. The number of nitrogen functional groups attached to an aromatic ring is 1. The summed E-state index contributed by atoms with van der Waals surface area (Å²) in [5, 5.41) is 0.956. The van der Waals surface area contributed by atoms with E-state index in [0.717, 1.165) is 0 Å². The topological polar surface area (TPSA) is 63.8 Å². The van der Waals surface area contributed by atoms with Crippen LogP contribution >= 0.6 is 23.5 Å². The first-order valence-electron chi connectivity index (χ1n) is 7.24. The van der Waals surface area contributed by atoms with E-state index in [4.69, 9.17) is 17.3 Å². The molecule has 2 aromatic heterocycles. The lowest BCUT2D eigenvalue weighted by Crippen LogP contribution is -1.97. The number of hydrogen-bond donors (Lipinski definition) is 2. The molecule has 0 fully saturated rings. The van der Waals surface area contributed by atoms with Crippen LogP contribution in [0.1, 0.15) is 12.0 Å². The first kappa shape index (κ1) is 17.4. The molecule has 0 aliphatic rings. The summed E-state index contributed by atoms with van der Waals surface area (Å²) in [7, 11) is 0. The Morgan fingerprint density at radius 2 is 1.80 bits per heavy atom. The number of nitrogens with one attached hydrogen (secondary N) is 1. The van der Waals surface area contributed by atoms with Gasteiger partial charge in [-0.1, -0.05) is 41.9 Å². The van der Waals surface area contributed by atoms with Crippen molar-refractivity contribution < 1.29 is 8.78 Å². The van der Waals surface area contributed by atoms with Gasteiger partial charge >= 0.3 is 0 Å². The number of pyridine rings is 2. The Bertz CT molecular complexity index is 892. The number of hydrogen-bond acceptors (Lipinski definition) is 5. The number of nitrogens with two attached hydrogens (primary N) is 1. The van der Waals surface area contributed by atoms with Gasteiger partial charge in [0, 0.05) is 23.1 Å². The van der Waals surface area contributed by atoms with E-state index in [1.54, 1.807) is 48.5 Å². The van der Waals surface area contributed by atoms with Crippen molar-refractivity contribution >= 4 is 35.2 Å². The van der Waals surface area contributed by atoms with E-state index in [-0.39, 0.29) is 5.56 Å². The van der Waals surface area contributed by atoms with Crippen molar-refractivity contribution in [3.63, 3.8) is 0 Å². The van der Waals surface area contributed by atoms with E-state index in [9.17, 15) is 8.78 Å². The average molecular weight is 379 g/mol. The molecule has 0 amide bonds. The Morgan fingerprint density at radius 1 is 1.00 bits per heavy atom. The molecule has 3 aromatic rings. The van der Waals surface area contributed by atoms with Gasteiger partial charge in [0.2, 0.25) is 0 Å². The summed E-state index contributed by atoms with van der Waals surface area (Å²) < 4.78 is 29.5. The molecule has 0 atom stereocenters. The van der Waals surface area contributed by atoms with Gasteiger partial charge in [-0.25, -0.2) is 18.7 Å². The van der Waals surface area contributed by atoms with E-state index in [2.05, 4.69) is 14.7 Å². The van der Waals surface area contributed by atoms with Crippen LogP contribution in [0, 0.1) is 0 Å². The predicted molar refractivity (Wildman–Crippen MR) is 97.8 cm³/mol. The molecule has 4 nitrogen and oxygen atoms in total. The molecular formula is C17H13ClF2N4S. The summed E-state index contributed by atoms with van der Waals surface area (Å²) in [6, 6.07) is 14.7. The molecule has 25 heavy (non-hydrogen) atoms. The van der Waals surface area contributed by atoms with Crippen LogP contribution in [-0.4, -0.2) is 9.97 Å². The SMILES string of the molecule is Nc1cccc(SNc2ccc(Cl)c(-c3ccccc3C(F)F)n2)n1. The highest BCUT2D eigenvalue weighted by Gasteiger charge is 2.17. The van der Waals surface area contributed by atoms with Crippen molar-refractivity contribution in [2.75, 3.05) is 10.5 Å². The normalized spacial score (nSPS) is 10.9. The fourth-order valence-corrected chi connectivity index (χ4v) is 3.01. The molecule has 0 saturated carbocycles. The first-order chi connectivity index (χ1) is 12.0. The van der Waals surface area contributed by atoms with E-state index in [1.165, 1.54) is 18.0 Å². The van der Waals surface area contributed by atoms with Crippen LogP contribution < -0.4 is 10.5 Å². The summed E-state index contributed by atoms with van der Waals surface area (Å²) in [6.07, 6.45) is -2.61. The van der Waals surface area contributed by atoms with Gasteiger partial charge in [-0.3, -0.25) is 0 Å². The maximum absolute atomic E-state index is 13.2. The fourth-order valence-electron chi connectivity index (χ4n) is 2.18. The number of rotatable bonds is 5. The maximum Gasteiger partial charge on any atom is 0.264 e. The van der Waals surface area contributed by atoms with Gasteiger partial charge in [-0.2, -0.15) is 0 Å². The number of aromatic nitrogens is 2. The number of alkyl halides is 2. The second-order valence-corrected chi connectivity index (χ2v) is 6.25. The van der Waals surface area contributed by atoms with Gasteiger partial charge in [0.25, 0.3) is 6.43 Å². The zero-order valence-electron chi connectivity index (χ0n) is 12.8. The third-order valence-corrected chi connectivity index (χ3v) is 4.35. The lowest BCUT2D eigenvalue weighted by atomic mass is 10.0. The smallest absolute Gasteiger partial charge is 0.264 e.